The van der Waals surface area contributed by atoms with E-state index < -0.39 is 18.1 Å². The molecule has 0 aliphatic heterocycles. The summed E-state index contributed by atoms with van der Waals surface area (Å²) in [6, 6.07) is 7.73. The molecular formula is C24H26F2N2O2. The Labute approximate surface area is 174 Å². The molecule has 1 aliphatic rings. The first kappa shape index (κ1) is 20.7. The van der Waals surface area contributed by atoms with E-state index in [9.17, 15) is 13.6 Å². The molecule has 3 aromatic rings. The molecule has 2 aromatic heterocycles. The molecule has 0 spiro atoms. The first-order chi connectivity index (χ1) is 14.4. The van der Waals surface area contributed by atoms with E-state index in [1.807, 2.05) is 6.07 Å². The topological polar surface area (TPSA) is 55.1 Å². The third-order valence-electron chi connectivity index (χ3n) is 6.18. The molecule has 0 amide bonds. The lowest BCUT2D eigenvalue weighted by molar-refractivity contribution is 0.0865. The van der Waals surface area contributed by atoms with Crippen LogP contribution in [-0.2, 0) is 12.2 Å². The number of aliphatic hydroxyl groups excluding tert-OH is 1. The minimum Gasteiger partial charge on any atom is -0.393 e. The van der Waals surface area contributed by atoms with Crippen molar-refractivity contribution in [1.82, 2.24) is 9.55 Å². The molecule has 2 heterocycles. The highest BCUT2D eigenvalue weighted by atomic mass is 19.1. The average Bonchev–Trinajstić information content (AvgIpc) is 2.76. The van der Waals surface area contributed by atoms with E-state index in [0.29, 0.717) is 28.9 Å². The van der Waals surface area contributed by atoms with Crippen LogP contribution in [0.5, 0.6) is 0 Å². The Hall–Kier alpha value is -2.60. The highest BCUT2D eigenvalue weighted by Crippen LogP contribution is 2.29. The molecule has 158 valence electrons. The second-order valence-corrected chi connectivity index (χ2v) is 8.48. The SMILES string of the molecule is CC(F)(CO)c1ccc(-c2cc3ccn(CC4CCCCC4)c(=O)c3cc2F)nc1. The summed E-state index contributed by atoms with van der Waals surface area (Å²) in [5, 5.41) is 10.1. The van der Waals surface area contributed by atoms with Crippen molar-refractivity contribution in [3.05, 3.63) is 64.5 Å². The van der Waals surface area contributed by atoms with Gasteiger partial charge in [-0.25, -0.2) is 8.78 Å². The van der Waals surface area contributed by atoms with E-state index in [0.717, 1.165) is 12.8 Å². The van der Waals surface area contributed by atoms with Crippen LogP contribution in [0.4, 0.5) is 8.78 Å². The van der Waals surface area contributed by atoms with Crippen LogP contribution >= 0.6 is 0 Å². The monoisotopic (exact) mass is 412 g/mol. The Morgan fingerprint density at radius 1 is 1.20 bits per heavy atom. The van der Waals surface area contributed by atoms with E-state index in [2.05, 4.69) is 4.98 Å². The molecule has 6 heteroatoms. The highest BCUT2D eigenvalue weighted by molar-refractivity contribution is 5.86. The number of aromatic nitrogens is 2. The Balaban J connectivity index is 1.67. The summed E-state index contributed by atoms with van der Waals surface area (Å²) in [6.07, 6.45) is 9.02. The van der Waals surface area contributed by atoms with Crippen molar-refractivity contribution in [3.63, 3.8) is 0 Å². The van der Waals surface area contributed by atoms with Crippen LogP contribution in [0, 0.1) is 11.7 Å². The predicted octanol–water partition coefficient (Wildman–Crippen LogP) is 4.96. The second-order valence-electron chi connectivity index (χ2n) is 8.48. The van der Waals surface area contributed by atoms with Crippen molar-refractivity contribution in [2.45, 2.75) is 51.2 Å². The fourth-order valence-electron chi connectivity index (χ4n) is 4.25. The summed E-state index contributed by atoms with van der Waals surface area (Å²) >= 11 is 0. The van der Waals surface area contributed by atoms with Gasteiger partial charge in [-0.3, -0.25) is 9.78 Å². The number of aliphatic hydroxyl groups is 1. The molecule has 4 rings (SSSR count). The minimum atomic E-state index is -1.91. The Kier molecular flexibility index (Phi) is 5.69. The van der Waals surface area contributed by atoms with Gasteiger partial charge in [-0.15, -0.1) is 0 Å². The molecule has 1 atom stereocenters. The minimum absolute atomic E-state index is 0.178. The molecule has 30 heavy (non-hydrogen) atoms. The van der Waals surface area contributed by atoms with Crippen LogP contribution in [0.1, 0.15) is 44.6 Å². The van der Waals surface area contributed by atoms with Gasteiger partial charge in [0.05, 0.1) is 17.7 Å². The molecule has 1 aromatic carbocycles. The first-order valence-corrected chi connectivity index (χ1v) is 10.5. The molecule has 1 unspecified atom stereocenters. The van der Waals surface area contributed by atoms with Crippen molar-refractivity contribution in [1.29, 1.82) is 0 Å². The molecule has 0 radical (unpaired) electrons. The molecular weight excluding hydrogens is 386 g/mol. The van der Waals surface area contributed by atoms with E-state index in [-0.39, 0.29) is 16.7 Å². The van der Waals surface area contributed by atoms with Gasteiger partial charge in [0.25, 0.3) is 5.56 Å². The lowest BCUT2D eigenvalue weighted by Crippen LogP contribution is -2.24. The summed E-state index contributed by atoms with van der Waals surface area (Å²) < 4.78 is 30.8. The molecule has 1 aliphatic carbocycles. The standard InChI is InChI=1S/C24H26F2N2O2/c1-24(26,15-29)18-7-8-22(27-13-18)20-11-17-9-10-28(14-16-5-3-2-4-6-16)23(30)19(17)12-21(20)25/h7-13,16,29H,2-6,14-15H2,1H3. The number of hydrogen-bond donors (Lipinski definition) is 1. The maximum atomic E-state index is 14.9. The van der Waals surface area contributed by atoms with E-state index in [4.69, 9.17) is 5.11 Å². The van der Waals surface area contributed by atoms with Gasteiger partial charge in [0.1, 0.15) is 5.82 Å². The normalized spacial score (nSPS) is 17.2. The van der Waals surface area contributed by atoms with Crippen molar-refractivity contribution in [2.24, 2.45) is 5.92 Å². The molecule has 1 fully saturated rings. The summed E-state index contributed by atoms with van der Waals surface area (Å²) in [6.45, 7) is 1.28. The number of benzene rings is 1. The average molecular weight is 412 g/mol. The van der Waals surface area contributed by atoms with Gasteiger partial charge >= 0.3 is 0 Å². The fraction of sp³-hybridized carbons (Fsp3) is 0.417. The van der Waals surface area contributed by atoms with Gasteiger partial charge in [0.15, 0.2) is 5.67 Å². The van der Waals surface area contributed by atoms with Crippen LogP contribution in [-0.4, -0.2) is 21.3 Å². The molecule has 1 N–H and O–H groups in total. The number of rotatable bonds is 5. The van der Waals surface area contributed by atoms with Gasteiger partial charge in [-0.1, -0.05) is 25.3 Å². The number of pyridine rings is 2. The number of halogens is 2. The van der Waals surface area contributed by atoms with Crippen molar-refractivity contribution < 1.29 is 13.9 Å². The quantitative estimate of drug-likeness (QED) is 0.644. The fourth-order valence-corrected chi connectivity index (χ4v) is 4.25. The predicted molar refractivity (Wildman–Crippen MR) is 114 cm³/mol. The van der Waals surface area contributed by atoms with Gasteiger partial charge in [-0.05, 0) is 55.3 Å². The van der Waals surface area contributed by atoms with E-state index in [1.54, 1.807) is 16.8 Å². The van der Waals surface area contributed by atoms with Crippen molar-refractivity contribution >= 4 is 10.8 Å². The molecule has 1 saturated carbocycles. The molecule has 0 saturated heterocycles. The Morgan fingerprint density at radius 2 is 1.97 bits per heavy atom. The van der Waals surface area contributed by atoms with Gasteiger partial charge < -0.3 is 9.67 Å². The van der Waals surface area contributed by atoms with E-state index >= 15 is 0 Å². The zero-order chi connectivity index (χ0) is 21.3. The number of hydrogen-bond acceptors (Lipinski definition) is 3. The lowest BCUT2D eigenvalue weighted by Gasteiger charge is -2.22. The summed E-state index contributed by atoms with van der Waals surface area (Å²) in [7, 11) is 0. The molecule has 0 bridgehead atoms. The Bertz CT molecular complexity index is 1100. The van der Waals surface area contributed by atoms with Crippen LogP contribution in [0.2, 0.25) is 0 Å². The summed E-state index contributed by atoms with van der Waals surface area (Å²) in [5.74, 6) is -0.0405. The van der Waals surface area contributed by atoms with Crippen LogP contribution in [0.15, 0.2) is 47.5 Å². The van der Waals surface area contributed by atoms with Crippen LogP contribution in [0.25, 0.3) is 22.0 Å². The Morgan fingerprint density at radius 3 is 2.63 bits per heavy atom. The third-order valence-corrected chi connectivity index (χ3v) is 6.18. The maximum absolute atomic E-state index is 14.9. The number of fused-ring (bicyclic) bond motifs is 1. The van der Waals surface area contributed by atoms with Crippen molar-refractivity contribution in [3.8, 4) is 11.3 Å². The van der Waals surface area contributed by atoms with E-state index in [1.165, 1.54) is 50.6 Å². The highest BCUT2D eigenvalue weighted by Gasteiger charge is 2.25. The van der Waals surface area contributed by atoms with Gasteiger partial charge in [0.2, 0.25) is 0 Å². The summed E-state index contributed by atoms with van der Waals surface area (Å²) in [4.78, 5) is 17.1. The lowest BCUT2D eigenvalue weighted by atomic mass is 9.89. The second kappa shape index (κ2) is 8.26. The smallest absolute Gasteiger partial charge is 0.258 e. The largest absolute Gasteiger partial charge is 0.393 e. The third kappa shape index (κ3) is 4.01. The zero-order valence-corrected chi connectivity index (χ0v) is 17.1. The first-order valence-electron chi connectivity index (χ1n) is 10.5. The number of nitrogens with zero attached hydrogens (tertiary/aromatic N) is 2. The molecule has 4 nitrogen and oxygen atoms in total. The van der Waals surface area contributed by atoms with Crippen LogP contribution in [0.3, 0.4) is 0 Å². The van der Waals surface area contributed by atoms with Crippen molar-refractivity contribution in [2.75, 3.05) is 6.61 Å². The number of alkyl halides is 1. The van der Waals surface area contributed by atoms with Gasteiger partial charge in [0, 0.05) is 30.1 Å². The maximum Gasteiger partial charge on any atom is 0.258 e. The zero-order valence-electron chi connectivity index (χ0n) is 17.1. The van der Waals surface area contributed by atoms with Crippen LogP contribution < -0.4 is 5.56 Å². The van der Waals surface area contributed by atoms with Gasteiger partial charge in [-0.2, -0.15) is 0 Å². The summed E-state index contributed by atoms with van der Waals surface area (Å²) in [5.41, 5.74) is -1.26.